The second-order valence-corrected chi connectivity index (χ2v) is 27.6. The maximum Gasteiger partial charge on any atom is 0.306 e. The molecule has 562 valence electrons. The van der Waals surface area contributed by atoms with Crippen LogP contribution in [0.3, 0.4) is 0 Å². The molecule has 0 aliphatic carbocycles. The lowest BCUT2D eigenvalue weighted by molar-refractivity contribution is -0.870. The number of esters is 2. The van der Waals surface area contributed by atoms with Crippen LogP contribution in [0.5, 0.6) is 0 Å². The molecular weight excluding hydrogens is 1220 g/mol. The zero-order valence-corrected chi connectivity index (χ0v) is 64.3. The van der Waals surface area contributed by atoms with Crippen LogP contribution in [-0.2, 0) is 33.3 Å². The number of carboxylic acids is 1. The molecule has 0 fully saturated rings. The Morgan fingerprint density at radius 2 is 0.545 bits per heavy atom. The standard InChI is InChI=1S/C90H149NO8/c1-6-8-10-12-14-16-18-20-22-24-26-28-30-32-34-36-38-40-42-44-46-48-50-52-54-56-58-60-62-64-66-68-70-72-74-76-78-80-87(92)97-84-86(85-98-90(89(94)95)96-83-82-91(3,4)5)99-88(93)81-79-77-75-73-71-69-67-65-63-61-59-57-55-53-51-49-47-45-43-41-39-37-35-33-31-29-27-25-23-21-19-17-15-13-11-9-7-2/h8-11,14-17,20-23,26-29,32-35,38-41,45,47,51,53,86,90H,6-7,12-13,18-19,24-25,30-31,36-37,42-44,46,48-50,52,54-85H2,1-5H3/b10-8-,11-9-,16-14-,17-15-,22-20-,23-21-,28-26-,29-27-,34-32-,35-33-,40-38-,41-39-,47-45-,53-51-. The van der Waals surface area contributed by atoms with Crippen LogP contribution in [0.15, 0.2) is 170 Å². The van der Waals surface area contributed by atoms with E-state index < -0.39 is 24.3 Å². The van der Waals surface area contributed by atoms with Crippen molar-refractivity contribution in [3.05, 3.63) is 170 Å². The fourth-order valence-corrected chi connectivity index (χ4v) is 10.9. The summed E-state index contributed by atoms with van der Waals surface area (Å²) in [7, 11) is 5.93. The molecule has 0 aromatic heterocycles. The molecule has 0 aliphatic heterocycles. The highest BCUT2D eigenvalue weighted by atomic mass is 16.7. The molecule has 0 N–H and O–H groups in total. The largest absolute Gasteiger partial charge is 0.545 e. The van der Waals surface area contributed by atoms with Gasteiger partial charge in [0.05, 0.1) is 40.3 Å². The van der Waals surface area contributed by atoms with Crippen LogP contribution in [0.4, 0.5) is 0 Å². The number of likely N-dealkylation sites (N-methyl/N-ethyl adjacent to an activating group) is 1. The summed E-state index contributed by atoms with van der Waals surface area (Å²) in [6.07, 6.45) is 115. The smallest absolute Gasteiger partial charge is 0.306 e. The molecule has 0 aliphatic rings. The minimum atomic E-state index is -1.63. The van der Waals surface area contributed by atoms with Crippen molar-refractivity contribution < 1.29 is 42.9 Å². The lowest BCUT2D eigenvalue weighted by Crippen LogP contribution is -2.44. The molecule has 9 heteroatoms. The number of aliphatic carboxylic acids is 1. The molecular formula is C90H149NO8. The van der Waals surface area contributed by atoms with Gasteiger partial charge in [-0.3, -0.25) is 9.59 Å². The highest BCUT2D eigenvalue weighted by molar-refractivity contribution is 5.70. The van der Waals surface area contributed by atoms with Crippen LogP contribution in [0.1, 0.15) is 322 Å². The first-order valence-electron chi connectivity index (χ1n) is 40.3. The van der Waals surface area contributed by atoms with Crippen LogP contribution in [0, 0.1) is 0 Å². The van der Waals surface area contributed by atoms with Crippen molar-refractivity contribution in [1.29, 1.82) is 0 Å². The van der Waals surface area contributed by atoms with Crippen molar-refractivity contribution >= 4 is 17.9 Å². The van der Waals surface area contributed by atoms with Crippen molar-refractivity contribution in [2.75, 3.05) is 47.5 Å². The molecule has 2 atom stereocenters. The Morgan fingerprint density at radius 1 is 0.303 bits per heavy atom. The van der Waals surface area contributed by atoms with Gasteiger partial charge in [-0.15, -0.1) is 0 Å². The Morgan fingerprint density at radius 3 is 0.808 bits per heavy atom. The fourth-order valence-electron chi connectivity index (χ4n) is 10.9. The summed E-state index contributed by atoms with van der Waals surface area (Å²) < 4.78 is 22.9. The summed E-state index contributed by atoms with van der Waals surface area (Å²) in [5.41, 5.74) is 0. The summed E-state index contributed by atoms with van der Waals surface area (Å²) in [4.78, 5) is 37.6. The van der Waals surface area contributed by atoms with Crippen LogP contribution < -0.4 is 5.11 Å². The van der Waals surface area contributed by atoms with E-state index in [4.69, 9.17) is 18.9 Å². The van der Waals surface area contributed by atoms with Crippen molar-refractivity contribution in [3.8, 4) is 0 Å². The van der Waals surface area contributed by atoms with Gasteiger partial charge in [-0.05, 0) is 128 Å². The van der Waals surface area contributed by atoms with E-state index in [0.29, 0.717) is 17.4 Å². The van der Waals surface area contributed by atoms with E-state index >= 15 is 0 Å². The maximum atomic E-state index is 13.0. The Bertz CT molecular complexity index is 2240. The average Bonchev–Trinajstić information content (AvgIpc) is 2.19. The van der Waals surface area contributed by atoms with E-state index in [1.54, 1.807) is 0 Å². The molecule has 99 heavy (non-hydrogen) atoms. The first-order chi connectivity index (χ1) is 48.6. The first kappa shape index (κ1) is 93.6. The summed E-state index contributed by atoms with van der Waals surface area (Å²) >= 11 is 0. The Hall–Kier alpha value is -5.35. The van der Waals surface area contributed by atoms with Gasteiger partial charge in [-0.1, -0.05) is 351 Å². The van der Waals surface area contributed by atoms with Crippen LogP contribution in [-0.4, -0.2) is 82.3 Å². The van der Waals surface area contributed by atoms with E-state index in [1.165, 1.54) is 161 Å². The fraction of sp³-hybridized carbons (Fsp3) is 0.656. The number of hydrogen-bond acceptors (Lipinski definition) is 8. The zero-order chi connectivity index (χ0) is 71.8. The Kier molecular flexibility index (Phi) is 74.1. The molecule has 9 nitrogen and oxygen atoms in total. The van der Waals surface area contributed by atoms with Gasteiger partial charge >= 0.3 is 11.9 Å². The third-order valence-electron chi connectivity index (χ3n) is 17.0. The predicted octanol–water partition coefficient (Wildman–Crippen LogP) is 24.8. The lowest BCUT2D eigenvalue weighted by Gasteiger charge is -2.26. The number of unbranched alkanes of at least 4 members (excludes halogenated alkanes) is 30. The van der Waals surface area contributed by atoms with Gasteiger partial charge in [0.2, 0.25) is 0 Å². The summed E-state index contributed by atoms with van der Waals surface area (Å²) in [5, 5.41) is 11.9. The van der Waals surface area contributed by atoms with E-state index in [9.17, 15) is 19.5 Å². The molecule has 0 aromatic rings. The van der Waals surface area contributed by atoms with Crippen LogP contribution >= 0.6 is 0 Å². The number of carbonyl (C=O) groups is 3. The third-order valence-corrected chi connectivity index (χ3v) is 17.0. The number of allylic oxidation sites excluding steroid dienone is 28. The molecule has 0 saturated heterocycles. The minimum absolute atomic E-state index is 0.142. The molecule has 0 heterocycles. The number of nitrogens with zero attached hydrogens (tertiary/aromatic N) is 1. The second-order valence-electron chi connectivity index (χ2n) is 27.6. The van der Waals surface area contributed by atoms with E-state index in [-0.39, 0.29) is 38.6 Å². The topological polar surface area (TPSA) is 111 Å². The van der Waals surface area contributed by atoms with E-state index in [0.717, 1.165) is 128 Å². The zero-order valence-electron chi connectivity index (χ0n) is 64.3. The highest BCUT2D eigenvalue weighted by Crippen LogP contribution is 2.18. The number of carbonyl (C=O) groups excluding carboxylic acids is 3. The SMILES string of the molecule is CC/C=C\C/C=C\C/C=C\C/C=C\C/C=C\C/C=C\C/C=C\C/C=C\CCCCCCCCCCCCCCC(=O)OC(COC(=O)CCCCCCCCCCCCCCCCCCCC/C=C\C/C=C\C/C=C\C/C=C\C/C=C\C/C=C\CC)COC(OCC[N+](C)(C)C)C(=O)[O-]. The van der Waals surface area contributed by atoms with Gasteiger partial charge in [0.1, 0.15) is 13.2 Å². The molecule has 0 aromatic carbocycles. The maximum absolute atomic E-state index is 13.0. The highest BCUT2D eigenvalue weighted by Gasteiger charge is 2.22. The summed E-state index contributed by atoms with van der Waals surface area (Å²) in [6, 6.07) is 0. The third kappa shape index (κ3) is 79.8. The molecule has 0 bridgehead atoms. The van der Waals surface area contributed by atoms with E-state index in [1.807, 2.05) is 21.1 Å². The van der Waals surface area contributed by atoms with Crippen molar-refractivity contribution in [1.82, 2.24) is 0 Å². The minimum Gasteiger partial charge on any atom is -0.545 e. The number of ether oxygens (including phenoxy) is 4. The van der Waals surface area contributed by atoms with Gasteiger partial charge in [0.25, 0.3) is 0 Å². The molecule has 0 amide bonds. The van der Waals surface area contributed by atoms with E-state index in [2.05, 4.69) is 184 Å². The molecule has 0 rings (SSSR count). The van der Waals surface area contributed by atoms with Crippen molar-refractivity contribution in [2.45, 2.75) is 334 Å². The van der Waals surface area contributed by atoms with Crippen LogP contribution in [0.2, 0.25) is 0 Å². The van der Waals surface area contributed by atoms with Crippen molar-refractivity contribution in [3.63, 3.8) is 0 Å². The Balaban J connectivity index is 4.07. The number of carboxylic acid groups (broad SMARTS) is 1. The second kappa shape index (κ2) is 78.4. The number of hydrogen-bond donors (Lipinski definition) is 0. The quantitative estimate of drug-likeness (QED) is 0.0195. The normalized spacial score (nSPS) is 13.6. The molecule has 0 saturated carbocycles. The summed E-state index contributed by atoms with van der Waals surface area (Å²) in [6.45, 7) is 4.53. The van der Waals surface area contributed by atoms with Gasteiger partial charge in [-0.25, -0.2) is 0 Å². The average molecular weight is 1370 g/mol. The van der Waals surface area contributed by atoms with Gasteiger partial charge < -0.3 is 33.3 Å². The Labute approximate surface area is 609 Å². The van der Waals surface area contributed by atoms with Crippen LogP contribution in [0.25, 0.3) is 0 Å². The predicted molar refractivity (Wildman–Crippen MR) is 425 cm³/mol. The van der Waals surface area contributed by atoms with Gasteiger partial charge in [0.15, 0.2) is 12.4 Å². The number of rotatable bonds is 73. The molecule has 2 unspecified atom stereocenters. The molecule has 0 radical (unpaired) electrons. The van der Waals surface area contributed by atoms with Crippen molar-refractivity contribution in [2.24, 2.45) is 0 Å². The van der Waals surface area contributed by atoms with Gasteiger partial charge in [-0.2, -0.15) is 0 Å². The number of quaternary nitrogens is 1. The van der Waals surface area contributed by atoms with Gasteiger partial charge in [0, 0.05) is 12.8 Å². The monoisotopic (exact) mass is 1370 g/mol. The lowest BCUT2D eigenvalue weighted by atomic mass is 10.0. The molecule has 0 spiro atoms. The first-order valence-corrected chi connectivity index (χ1v) is 40.3. The summed E-state index contributed by atoms with van der Waals surface area (Å²) in [5.74, 6) is -2.28.